The molecular weight excluding hydrogens is 321 g/mol. The highest BCUT2D eigenvalue weighted by atomic mass is 35.5. The third-order valence-electron chi connectivity index (χ3n) is 2.38. The Bertz CT molecular complexity index is 517. The van der Waals surface area contributed by atoms with E-state index in [9.17, 15) is 4.79 Å². The third kappa shape index (κ3) is 5.09. The van der Waals surface area contributed by atoms with Crippen LogP contribution in [0.2, 0.25) is 0 Å². The SMILES string of the molecule is CC(Cn1ccnc1)NC(=O)c1csc(CN)n1.Cl.Cl. The van der Waals surface area contributed by atoms with Crippen molar-refractivity contribution in [2.24, 2.45) is 5.73 Å². The van der Waals surface area contributed by atoms with Gasteiger partial charge in [-0.25, -0.2) is 9.97 Å². The Hall–Kier alpha value is -1.15. The average Bonchev–Trinajstić information content (AvgIpc) is 2.98. The van der Waals surface area contributed by atoms with Gasteiger partial charge in [0.2, 0.25) is 0 Å². The first-order valence-corrected chi connectivity index (χ1v) is 6.48. The van der Waals surface area contributed by atoms with Crippen molar-refractivity contribution in [3.05, 3.63) is 34.8 Å². The summed E-state index contributed by atoms with van der Waals surface area (Å²) in [5.74, 6) is -0.168. The van der Waals surface area contributed by atoms with E-state index >= 15 is 0 Å². The molecule has 9 heteroatoms. The molecule has 0 saturated carbocycles. The number of carbonyl (C=O) groups is 1. The zero-order valence-electron chi connectivity index (χ0n) is 10.9. The van der Waals surface area contributed by atoms with Gasteiger partial charge >= 0.3 is 0 Å². The maximum Gasteiger partial charge on any atom is 0.271 e. The first-order valence-electron chi connectivity index (χ1n) is 5.60. The number of thiazole rings is 1. The summed E-state index contributed by atoms with van der Waals surface area (Å²) in [5, 5.41) is 5.38. The predicted molar refractivity (Wildman–Crippen MR) is 83.7 cm³/mol. The molecular formula is C11H17Cl2N5OS. The number of carbonyl (C=O) groups excluding carboxylic acids is 1. The Morgan fingerprint density at radius 3 is 2.85 bits per heavy atom. The molecule has 0 saturated heterocycles. The fraction of sp³-hybridized carbons (Fsp3) is 0.364. The van der Waals surface area contributed by atoms with Crippen LogP contribution in [0.25, 0.3) is 0 Å². The first-order chi connectivity index (χ1) is 8.69. The minimum absolute atomic E-state index is 0. The summed E-state index contributed by atoms with van der Waals surface area (Å²) in [4.78, 5) is 20.0. The van der Waals surface area contributed by atoms with E-state index in [0.717, 1.165) is 5.01 Å². The second-order valence-electron chi connectivity index (χ2n) is 3.96. The molecule has 0 spiro atoms. The molecule has 1 atom stereocenters. The van der Waals surface area contributed by atoms with Gasteiger partial charge in [0.25, 0.3) is 5.91 Å². The van der Waals surface area contributed by atoms with E-state index in [1.165, 1.54) is 11.3 Å². The molecule has 6 nitrogen and oxygen atoms in total. The molecule has 1 amide bonds. The van der Waals surface area contributed by atoms with E-state index in [1.807, 2.05) is 17.7 Å². The van der Waals surface area contributed by atoms with Crippen LogP contribution in [0.3, 0.4) is 0 Å². The lowest BCUT2D eigenvalue weighted by Gasteiger charge is -2.13. The molecule has 0 aromatic carbocycles. The minimum atomic E-state index is -0.168. The van der Waals surface area contributed by atoms with Crippen LogP contribution in [-0.2, 0) is 13.1 Å². The summed E-state index contributed by atoms with van der Waals surface area (Å²) in [6.07, 6.45) is 5.29. The lowest BCUT2D eigenvalue weighted by Crippen LogP contribution is -2.35. The number of halogens is 2. The second-order valence-corrected chi connectivity index (χ2v) is 4.91. The number of nitrogens with two attached hydrogens (primary N) is 1. The van der Waals surface area contributed by atoms with Crippen molar-refractivity contribution >= 4 is 42.1 Å². The smallest absolute Gasteiger partial charge is 0.271 e. The van der Waals surface area contributed by atoms with Crippen molar-refractivity contribution in [1.29, 1.82) is 0 Å². The van der Waals surface area contributed by atoms with Gasteiger partial charge in [-0.05, 0) is 6.92 Å². The highest BCUT2D eigenvalue weighted by Crippen LogP contribution is 2.08. The van der Waals surface area contributed by atoms with E-state index < -0.39 is 0 Å². The summed E-state index contributed by atoms with van der Waals surface area (Å²) in [5.41, 5.74) is 5.89. The van der Waals surface area contributed by atoms with Crippen LogP contribution in [0.5, 0.6) is 0 Å². The third-order valence-corrected chi connectivity index (χ3v) is 3.25. The van der Waals surface area contributed by atoms with Crippen molar-refractivity contribution in [2.45, 2.75) is 26.1 Å². The number of nitrogens with zero attached hydrogens (tertiary/aromatic N) is 3. The summed E-state index contributed by atoms with van der Waals surface area (Å²) >= 11 is 1.40. The van der Waals surface area contributed by atoms with Crippen molar-refractivity contribution in [2.75, 3.05) is 0 Å². The standard InChI is InChI=1S/C11H15N5OS.2ClH/c1-8(5-16-3-2-13-7-16)14-11(17)9-6-18-10(4-12)15-9;;/h2-3,6-8H,4-5,12H2,1H3,(H,14,17);2*1H. The number of aromatic nitrogens is 3. The molecule has 0 aliphatic carbocycles. The lowest BCUT2D eigenvalue weighted by atomic mass is 10.3. The molecule has 112 valence electrons. The number of imidazole rings is 1. The van der Waals surface area contributed by atoms with Gasteiger partial charge < -0.3 is 15.6 Å². The van der Waals surface area contributed by atoms with E-state index in [1.54, 1.807) is 17.9 Å². The van der Waals surface area contributed by atoms with Gasteiger partial charge in [-0.3, -0.25) is 4.79 Å². The number of nitrogens with one attached hydrogen (secondary N) is 1. The number of hydrogen-bond acceptors (Lipinski definition) is 5. The molecule has 2 heterocycles. The molecule has 0 fully saturated rings. The Morgan fingerprint density at radius 1 is 1.55 bits per heavy atom. The van der Waals surface area contributed by atoms with Crippen LogP contribution in [0.1, 0.15) is 22.4 Å². The maximum atomic E-state index is 11.9. The maximum absolute atomic E-state index is 11.9. The van der Waals surface area contributed by atoms with E-state index in [0.29, 0.717) is 18.8 Å². The zero-order valence-corrected chi connectivity index (χ0v) is 13.3. The molecule has 0 aliphatic rings. The van der Waals surface area contributed by atoms with Gasteiger partial charge in [0.05, 0.1) is 6.33 Å². The quantitative estimate of drug-likeness (QED) is 0.864. The van der Waals surface area contributed by atoms with Crippen molar-refractivity contribution < 1.29 is 4.79 Å². The highest BCUT2D eigenvalue weighted by molar-refractivity contribution is 7.09. The highest BCUT2D eigenvalue weighted by Gasteiger charge is 2.13. The van der Waals surface area contributed by atoms with Crippen LogP contribution in [0.4, 0.5) is 0 Å². The van der Waals surface area contributed by atoms with E-state index in [4.69, 9.17) is 5.73 Å². The average molecular weight is 338 g/mol. The second kappa shape index (κ2) is 8.91. The van der Waals surface area contributed by atoms with Gasteiger partial charge in [0, 0.05) is 36.9 Å². The van der Waals surface area contributed by atoms with Gasteiger partial charge in [-0.2, -0.15) is 0 Å². The van der Waals surface area contributed by atoms with Crippen LogP contribution >= 0.6 is 36.2 Å². The van der Waals surface area contributed by atoms with Crippen LogP contribution in [-0.4, -0.2) is 26.5 Å². The Kier molecular flexibility index (Phi) is 8.40. The minimum Gasteiger partial charge on any atom is -0.346 e. The van der Waals surface area contributed by atoms with Crippen molar-refractivity contribution in [1.82, 2.24) is 19.9 Å². The normalized spacial score (nSPS) is 11.1. The molecule has 0 bridgehead atoms. The first kappa shape index (κ1) is 18.9. The number of rotatable bonds is 5. The Labute approximate surface area is 133 Å². The topological polar surface area (TPSA) is 85.8 Å². The molecule has 2 aromatic rings. The number of amides is 1. The van der Waals surface area contributed by atoms with Crippen molar-refractivity contribution in [3.8, 4) is 0 Å². The Morgan fingerprint density at radius 2 is 2.30 bits per heavy atom. The van der Waals surface area contributed by atoms with Crippen LogP contribution in [0.15, 0.2) is 24.1 Å². The molecule has 2 aromatic heterocycles. The summed E-state index contributed by atoms with van der Waals surface area (Å²) in [6, 6.07) is 0.00901. The molecule has 20 heavy (non-hydrogen) atoms. The molecule has 0 aliphatic heterocycles. The fourth-order valence-corrected chi connectivity index (χ4v) is 2.22. The van der Waals surface area contributed by atoms with Gasteiger partial charge in [0.1, 0.15) is 10.7 Å². The Balaban J connectivity index is 0.00000180. The monoisotopic (exact) mass is 337 g/mol. The van der Waals surface area contributed by atoms with Crippen LogP contribution in [0, 0.1) is 0 Å². The predicted octanol–water partition coefficient (Wildman–Crippen LogP) is 1.46. The molecule has 1 unspecified atom stereocenters. The molecule has 3 N–H and O–H groups in total. The van der Waals surface area contributed by atoms with Gasteiger partial charge in [-0.1, -0.05) is 0 Å². The van der Waals surface area contributed by atoms with E-state index in [-0.39, 0.29) is 36.8 Å². The van der Waals surface area contributed by atoms with Gasteiger partial charge in [0.15, 0.2) is 0 Å². The molecule has 0 radical (unpaired) electrons. The summed E-state index contributed by atoms with van der Waals surface area (Å²) in [6.45, 7) is 2.98. The zero-order chi connectivity index (χ0) is 13.0. The number of hydrogen-bond donors (Lipinski definition) is 2. The van der Waals surface area contributed by atoms with E-state index in [2.05, 4.69) is 15.3 Å². The van der Waals surface area contributed by atoms with Crippen molar-refractivity contribution in [3.63, 3.8) is 0 Å². The largest absolute Gasteiger partial charge is 0.346 e. The fourth-order valence-electron chi connectivity index (χ4n) is 1.56. The summed E-state index contributed by atoms with van der Waals surface area (Å²) < 4.78 is 1.91. The summed E-state index contributed by atoms with van der Waals surface area (Å²) in [7, 11) is 0. The van der Waals surface area contributed by atoms with Crippen LogP contribution < -0.4 is 11.1 Å². The molecule has 2 rings (SSSR count). The lowest BCUT2D eigenvalue weighted by molar-refractivity contribution is 0.0932. The van der Waals surface area contributed by atoms with Gasteiger partial charge in [-0.15, -0.1) is 36.2 Å².